The summed E-state index contributed by atoms with van der Waals surface area (Å²) in [6, 6.07) is 13.1. The van der Waals surface area contributed by atoms with Gasteiger partial charge in [-0.1, -0.05) is 29.3 Å². The highest BCUT2D eigenvalue weighted by Gasteiger charge is 2.13. The number of nitrogens with zero attached hydrogens (tertiary/aromatic N) is 2. The van der Waals surface area contributed by atoms with Crippen molar-refractivity contribution in [3.63, 3.8) is 0 Å². The number of halogens is 2. The normalized spacial score (nSPS) is 10.8. The molecule has 0 atom stereocenters. The summed E-state index contributed by atoms with van der Waals surface area (Å²) in [6.07, 6.45) is 1.10. The second kappa shape index (κ2) is 10.7. The molecule has 1 amide bonds. The van der Waals surface area contributed by atoms with E-state index in [9.17, 15) is 20.0 Å². The molecule has 0 aliphatic rings. The molecule has 2 N–H and O–H groups in total. The molecular formula is C22H17Cl2N3O6. The molecule has 3 aromatic rings. The SMILES string of the molecule is COc1cc(C(=O)N/N=C/c2cc([N+](=O)[O-])ccc2O)ccc1OCc1ccc(Cl)cc1Cl. The molecule has 3 rings (SSSR count). The van der Waals surface area contributed by atoms with Gasteiger partial charge in [0.05, 0.1) is 18.2 Å². The van der Waals surface area contributed by atoms with Gasteiger partial charge in [0, 0.05) is 38.9 Å². The summed E-state index contributed by atoms with van der Waals surface area (Å²) in [4.78, 5) is 22.7. The number of hydrazone groups is 1. The summed E-state index contributed by atoms with van der Waals surface area (Å²) in [7, 11) is 1.43. The lowest BCUT2D eigenvalue weighted by Gasteiger charge is -2.12. The summed E-state index contributed by atoms with van der Waals surface area (Å²) in [6.45, 7) is 0.162. The summed E-state index contributed by atoms with van der Waals surface area (Å²) >= 11 is 12.0. The number of ether oxygens (including phenoxy) is 2. The van der Waals surface area contributed by atoms with E-state index in [0.717, 1.165) is 23.9 Å². The number of nitro benzene ring substituents is 1. The van der Waals surface area contributed by atoms with Crippen LogP contribution in [0.3, 0.4) is 0 Å². The first-order valence-corrected chi connectivity index (χ1v) is 10.1. The van der Waals surface area contributed by atoms with Crippen LogP contribution in [-0.2, 0) is 6.61 Å². The van der Waals surface area contributed by atoms with E-state index in [1.165, 1.54) is 25.3 Å². The van der Waals surface area contributed by atoms with Crippen LogP contribution >= 0.6 is 23.2 Å². The Morgan fingerprint density at radius 3 is 2.64 bits per heavy atom. The summed E-state index contributed by atoms with van der Waals surface area (Å²) in [5.41, 5.74) is 3.09. The van der Waals surface area contributed by atoms with Crippen molar-refractivity contribution in [3.05, 3.63) is 91.4 Å². The largest absolute Gasteiger partial charge is 0.507 e. The molecular weight excluding hydrogens is 473 g/mol. The van der Waals surface area contributed by atoms with E-state index in [1.807, 2.05) is 0 Å². The average molecular weight is 490 g/mol. The van der Waals surface area contributed by atoms with Crippen LogP contribution in [0.25, 0.3) is 0 Å². The Morgan fingerprint density at radius 2 is 1.94 bits per heavy atom. The highest BCUT2D eigenvalue weighted by molar-refractivity contribution is 6.35. The van der Waals surface area contributed by atoms with E-state index in [2.05, 4.69) is 10.5 Å². The molecule has 3 aromatic carbocycles. The van der Waals surface area contributed by atoms with Crippen LogP contribution in [0.15, 0.2) is 59.7 Å². The maximum Gasteiger partial charge on any atom is 0.271 e. The van der Waals surface area contributed by atoms with Crippen molar-refractivity contribution in [1.29, 1.82) is 0 Å². The van der Waals surface area contributed by atoms with Crippen LogP contribution < -0.4 is 14.9 Å². The van der Waals surface area contributed by atoms with E-state index in [1.54, 1.807) is 24.3 Å². The number of nitrogens with one attached hydrogen (secondary N) is 1. The third kappa shape index (κ3) is 6.12. The fourth-order valence-corrected chi connectivity index (χ4v) is 3.17. The molecule has 0 aliphatic heterocycles. The number of hydrogen-bond donors (Lipinski definition) is 2. The van der Waals surface area contributed by atoms with Crippen LogP contribution in [0.2, 0.25) is 10.0 Å². The molecule has 0 bridgehead atoms. The lowest BCUT2D eigenvalue weighted by Crippen LogP contribution is -2.17. The van der Waals surface area contributed by atoms with Crippen molar-refractivity contribution in [2.75, 3.05) is 7.11 Å². The van der Waals surface area contributed by atoms with Crippen LogP contribution in [0.4, 0.5) is 5.69 Å². The fourth-order valence-electron chi connectivity index (χ4n) is 2.71. The van der Waals surface area contributed by atoms with Gasteiger partial charge in [-0.3, -0.25) is 14.9 Å². The number of nitro groups is 1. The number of carbonyl (C=O) groups is 1. The third-order valence-electron chi connectivity index (χ3n) is 4.42. The van der Waals surface area contributed by atoms with Crippen molar-refractivity contribution in [2.24, 2.45) is 5.10 Å². The van der Waals surface area contributed by atoms with E-state index in [0.29, 0.717) is 21.5 Å². The van der Waals surface area contributed by atoms with Gasteiger partial charge >= 0.3 is 0 Å². The van der Waals surface area contributed by atoms with Crippen molar-refractivity contribution < 1.29 is 24.3 Å². The number of phenols is 1. The van der Waals surface area contributed by atoms with E-state index in [-0.39, 0.29) is 29.2 Å². The Bertz CT molecular complexity index is 1230. The molecule has 0 saturated carbocycles. The second-order valence-corrected chi connectivity index (χ2v) is 7.43. The zero-order valence-corrected chi connectivity index (χ0v) is 18.6. The summed E-state index contributed by atoms with van der Waals surface area (Å²) in [5, 5.41) is 25.4. The number of aromatic hydroxyl groups is 1. The number of phenolic OH excluding ortho intramolecular Hbond substituents is 1. The lowest BCUT2D eigenvalue weighted by atomic mass is 10.2. The first kappa shape index (κ1) is 23.8. The van der Waals surface area contributed by atoms with Gasteiger partial charge in [-0.05, 0) is 36.4 Å². The predicted molar refractivity (Wildman–Crippen MR) is 124 cm³/mol. The molecule has 0 fully saturated rings. The number of amides is 1. The molecule has 170 valence electrons. The number of methoxy groups -OCH3 is 1. The standard InChI is InChI=1S/C22H17Cl2N3O6/c1-32-21-9-13(3-7-20(21)33-12-14-2-4-16(23)10-18(14)24)22(29)26-25-11-15-8-17(27(30)31)5-6-19(15)28/h2-11,28H,12H2,1H3,(H,26,29)/b25-11+. The zero-order valence-electron chi connectivity index (χ0n) is 17.1. The third-order valence-corrected chi connectivity index (χ3v) is 5.00. The Balaban J connectivity index is 1.68. The molecule has 0 heterocycles. The molecule has 0 radical (unpaired) electrons. The first-order chi connectivity index (χ1) is 15.8. The maximum absolute atomic E-state index is 12.4. The number of benzene rings is 3. The minimum Gasteiger partial charge on any atom is -0.507 e. The van der Waals surface area contributed by atoms with Crippen molar-refractivity contribution in [1.82, 2.24) is 5.43 Å². The van der Waals surface area contributed by atoms with Gasteiger partial charge < -0.3 is 14.6 Å². The van der Waals surface area contributed by atoms with Gasteiger partial charge in [0.1, 0.15) is 12.4 Å². The smallest absolute Gasteiger partial charge is 0.271 e. The fraction of sp³-hybridized carbons (Fsp3) is 0.0909. The Morgan fingerprint density at radius 1 is 1.15 bits per heavy atom. The van der Waals surface area contributed by atoms with E-state index < -0.39 is 10.8 Å². The van der Waals surface area contributed by atoms with Crippen molar-refractivity contribution >= 4 is 41.0 Å². The summed E-state index contributed by atoms with van der Waals surface area (Å²) < 4.78 is 11.1. The zero-order chi connectivity index (χ0) is 24.0. The number of non-ortho nitro benzene ring substituents is 1. The molecule has 0 aliphatic carbocycles. The highest BCUT2D eigenvalue weighted by Crippen LogP contribution is 2.30. The van der Waals surface area contributed by atoms with Gasteiger partial charge in [-0.25, -0.2) is 5.43 Å². The molecule has 9 nitrogen and oxygen atoms in total. The van der Waals surface area contributed by atoms with Gasteiger partial charge in [0.2, 0.25) is 0 Å². The monoisotopic (exact) mass is 489 g/mol. The van der Waals surface area contributed by atoms with E-state index in [4.69, 9.17) is 32.7 Å². The van der Waals surface area contributed by atoms with Crippen LogP contribution in [-0.4, -0.2) is 29.3 Å². The second-order valence-electron chi connectivity index (χ2n) is 6.59. The maximum atomic E-state index is 12.4. The Labute approximate surface area is 198 Å². The molecule has 0 spiro atoms. The average Bonchev–Trinajstić information content (AvgIpc) is 2.79. The lowest BCUT2D eigenvalue weighted by molar-refractivity contribution is -0.384. The van der Waals surface area contributed by atoms with Gasteiger partial charge in [0.25, 0.3) is 11.6 Å². The topological polar surface area (TPSA) is 123 Å². The molecule has 0 saturated heterocycles. The minimum absolute atomic E-state index is 0.0756. The minimum atomic E-state index is -0.605. The van der Waals surface area contributed by atoms with Crippen LogP contribution in [0, 0.1) is 10.1 Å². The van der Waals surface area contributed by atoms with Crippen LogP contribution in [0.5, 0.6) is 17.2 Å². The molecule has 11 heteroatoms. The number of carbonyl (C=O) groups excluding carboxylic acids is 1. The van der Waals surface area contributed by atoms with Crippen LogP contribution in [0.1, 0.15) is 21.5 Å². The van der Waals surface area contributed by atoms with Gasteiger partial charge in [-0.2, -0.15) is 5.10 Å². The van der Waals surface area contributed by atoms with Gasteiger partial charge in [0.15, 0.2) is 11.5 Å². The number of rotatable bonds is 8. The Kier molecular flexibility index (Phi) is 7.70. The molecule has 0 aromatic heterocycles. The van der Waals surface area contributed by atoms with Crippen molar-refractivity contribution in [2.45, 2.75) is 6.61 Å². The highest BCUT2D eigenvalue weighted by atomic mass is 35.5. The number of hydrogen-bond acceptors (Lipinski definition) is 7. The van der Waals surface area contributed by atoms with E-state index >= 15 is 0 Å². The molecule has 0 unspecified atom stereocenters. The van der Waals surface area contributed by atoms with Crippen molar-refractivity contribution in [3.8, 4) is 17.2 Å². The summed E-state index contributed by atoms with van der Waals surface area (Å²) in [5.74, 6) is -0.0811. The predicted octanol–water partition coefficient (Wildman–Crippen LogP) is 4.96. The first-order valence-electron chi connectivity index (χ1n) is 9.34. The Hall–Kier alpha value is -3.82. The molecule has 33 heavy (non-hydrogen) atoms. The quantitative estimate of drug-likeness (QED) is 0.262. The van der Waals surface area contributed by atoms with Gasteiger partial charge in [-0.15, -0.1) is 0 Å².